The van der Waals surface area contributed by atoms with Gasteiger partial charge in [0, 0.05) is 83.1 Å². The highest BCUT2D eigenvalue weighted by Gasteiger charge is 2.45. The number of imide groups is 2. The summed E-state index contributed by atoms with van der Waals surface area (Å²) in [6.45, 7) is 7.40. The van der Waals surface area contributed by atoms with Gasteiger partial charge in [0.25, 0.3) is 23.3 Å². The fourth-order valence-electron chi connectivity index (χ4n) is 8.32. The molecule has 3 fully saturated rings. The highest BCUT2D eigenvalue weighted by atomic mass is 35.5. The number of benzene rings is 2. The fourth-order valence-corrected chi connectivity index (χ4v) is 8.46. The van der Waals surface area contributed by atoms with Crippen LogP contribution in [-0.4, -0.2) is 119 Å². The Morgan fingerprint density at radius 1 is 0.932 bits per heavy atom. The molecule has 0 aliphatic carbocycles. The van der Waals surface area contributed by atoms with Crippen LogP contribution < -0.4 is 36.0 Å². The molecule has 2 atom stereocenters. The van der Waals surface area contributed by atoms with Crippen LogP contribution >= 0.6 is 11.6 Å². The molecular weight excluding hydrogens is 780 g/mol. The van der Waals surface area contributed by atoms with E-state index < -0.39 is 35.8 Å². The molecule has 2 aromatic heterocycles. The predicted octanol–water partition coefficient (Wildman–Crippen LogP) is 2.68. The van der Waals surface area contributed by atoms with Gasteiger partial charge < -0.3 is 29.7 Å². The number of hydrogen-bond acceptors (Lipinski definition) is 13. The van der Waals surface area contributed by atoms with E-state index in [1.54, 1.807) is 38.4 Å². The first-order valence-electron chi connectivity index (χ1n) is 19.8. The summed E-state index contributed by atoms with van der Waals surface area (Å²) >= 11 is 6.57. The lowest BCUT2D eigenvalue weighted by Crippen LogP contribution is -2.54. The number of anilines is 4. The Hall–Kier alpha value is -6.07. The second-order valence-corrected chi connectivity index (χ2v) is 15.8. The normalized spacial score (nSPS) is 19.5. The number of carbonyl (C=O) groups is 5. The Kier molecular flexibility index (Phi) is 11.0. The van der Waals surface area contributed by atoms with Crippen molar-refractivity contribution in [2.24, 2.45) is 13.0 Å². The number of aromatic nitrogens is 3. The Morgan fingerprint density at radius 3 is 2.41 bits per heavy atom. The maximum absolute atomic E-state index is 13.3. The van der Waals surface area contributed by atoms with Crippen molar-refractivity contribution in [3.63, 3.8) is 0 Å². The number of likely N-dealkylation sites (N-methyl/N-ethyl adjacent to an activating group) is 1. The SMILES string of the molecule is CNC(=O)C(C)Oc1cc2cc(Nc3nc(N4CCC(CN5CCN(c6ccc7c(c6)C(=O)N(C6CCC(=O)NC6=O)C7=O)CC5)CC4)ncc3Cl)ccc2n(C)c1=O. The molecule has 18 heteroatoms. The lowest BCUT2D eigenvalue weighted by Gasteiger charge is -2.39. The summed E-state index contributed by atoms with van der Waals surface area (Å²) in [6, 6.07) is 11.4. The Morgan fingerprint density at radius 2 is 1.68 bits per heavy atom. The van der Waals surface area contributed by atoms with E-state index in [-0.39, 0.29) is 41.2 Å². The first-order valence-corrected chi connectivity index (χ1v) is 20.2. The van der Waals surface area contributed by atoms with Gasteiger partial charge >= 0.3 is 0 Å². The molecule has 59 heavy (non-hydrogen) atoms. The van der Waals surface area contributed by atoms with Crippen molar-refractivity contribution in [1.82, 2.24) is 35.0 Å². The van der Waals surface area contributed by atoms with E-state index in [1.165, 1.54) is 11.6 Å². The molecule has 6 heterocycles. The van der Waals surface area contributed by atoms with E-state index in [9.17, 15) is 28.8 Å². The van der Waals surface area contributed by atoms with E-state index >= 15 is 0 Å². The molecule has 4 aromatic rings. The number of carbonyl (C=O) groups excluding carboxylic acids is 5. The Bertz CT molecular complexity index is 2430. The van der Waals surface area contributed by atoms with Gasteiger partial charge in [-0.3, -0.25) is 43.9 Å². The van der Waals surface area contributed by atoms with Gasteiger partial charge in [-0.25, -0.2) is 4.98 Å². The van der Waals surface area contributed by atoms with E-state index in [0.717, 1.165) is 74.6 Å². The van der Waals surface area contributed by atoms with Crippen molar-refractivity contribution in [3.05, 3.63) is 75.2 Å². The van der Waals surface area contributed by atoms with Crippen LogP contribution in [0, 0.1) is 5.92 Å². The van der Waals surface area contributed by atoms with Crippen LogP contribution in [0.3, 0.4) is 0 Å². The number of halogens is 1. The number of ether oxygens (including phenoxy) is 1. The quantitative estimate of drug-likeness (QED) is 0.198. The van der Waals surface area contributed by atoms with Gasteiger partial charge in [-0.05, 0) is 74.6 Å². The van der Waals surface area contributed by atoms with Gasteiger partial charge in [-0.1, -0.05) is 11.6 Å². The van der Waals surface area contributed by atoms with Gasteiger partial charge in [-0.2, -0.15) is 4.98 Å². The van der Waals surface area contributed by atoms with E-state index in [4.69, 9.17) is 21.3 Å². The van der Waals surface area contributed by atoms with Crippen LogP contribution in [0.4, 0.5) is 23.1 Å². The molecular formula is C41H45ClN10O7. The van der Waals surface area contributed by atoms with Gasteiger partial charge in [0.05, 0.1) is 22.8 Å². The minimum absolute atomic E-state index is 0.0671. The van der Waals surface area contributed by atoms with E-state index in [0.29, 0.717) is 33.9 Å². The molecule has 4 aliphatic heterocycles. The number of fused-ring (bicyclic) bond motifs is 2. The van der Waals surface area contributed by atoms with Crippen molar-refractivity contribution in [2.75, 3.05) is 68.0 Å². The smallest absolute Gasteiger partial charge is 0.293 e. The second kappa shape index (κ2) is 16.3. The zero-order chi connectivity index (χ0) is 41.5. The third kappa shape index (κ3) is 7.91. The third-order valence-corrected chi connectivity index (χ3v) is 12.0. The molecule has 0 saturated carbocycles. The molecule has 2 aromatic carbocycles. The average Bonchev–Trinajstić information content (AvgIpc) is 3.48. The molecule has 308 valence electrons. The molecule has 4 aliphatic rings. The lowest BCUT2D eigenvalue weighted by atomic mass is 9.96. The number of nitrogens with zero attached hydrogens (tertiary/aromatic N) is 7. The molecule has 2 unspecified atom stereocenters. The molecule has 0 radical (unpaired) electrons. The van der Waals surface area contributed by atoms with Gasteiger partial charge in [0.2, 0.25) is 17.8 Å². The molecule has 0 spiro atoms. The highest BCUT2D eigenvalue weighted by Crippen LogP contribution is 2.33. The molecule has 3 N–H and O–H groups in total. The number of nitrogens with one attached hydrogen (secondary N) is 3. The fraction of sp³-hybridized carbons (Fsp3) is 0.415. The Balaban J connectivity index is 0.846. The molecule has 3 saturated heterocycles. The van der Waals surface area contributed by atoms with E-state index in [1.807, 2.05) is 24.3 Å². The van der Waals surface area contributed by atoms with Crippen molar-refractivity contribution in [1.29, 1.82) is 0 Å². The number of rotatable bonds is 10. The predicted molar refractivity (Wildman–Crippen MR) is 220 cm³/mol. The molecule has 0 bridgehead atoms. The summed E-state index contributed by atoms with van der Waals surface area (Å²) in [5.41, 5.74) is 2.47. The van der Waals surface area contributed by atoms with Crippen LogP contribution in [0.5, 0.6) is 5.75 Å². The summed E-state index contributed by atoms with van der Waals surface area (Å²) in [6.07, 6.45) is 2.91. The molecule has 5 amide bonds. The van der Waals surface area contributed by atoms with Crippen LogP contribution in [-0.2, 0) is 21.4 Å². The van der Waals surface area contributed by atoms with E-state index in [2.05, 4.69) is 35.6 Å². The average molecular weight is 825 g/mol. The van der Waals surface area contributed by atoms with Crippen LogP contribution in [0.1, 0.15) is 53.3 Å². The van der Waals surface area contributed by atoms with Crippen molar-refractivity contribution >= 4 is 75.2 Å². The largest absolute Gasteiger partial charge is 0.475 e. The number of amides is 5. The maximum atomic E-state index is 13.3. The standard InChI is InChI=1S/C41H45ClN10O7/c1-23(36(54)43-2)59-33-19-25-18-26(4-7-31(25)48(3)40(33)58)45-35-30(42)21-44-41(47-35)51-12-10-24(11-13-51)22-49-14-16-50(17-15-49)27-5-6-28-29(20-27)39(57)52(38(28)56)32-8-9-34(53)46-37(32)55/h4-7,18-21,23-24,32H,8-17,22H2,1-3H3,(H,43,54)(H,44,45,47)(H,46,53,55). The van der Waals surface area contributed by atoms with Gasteiger partial charge in [0.1, 0.15) is 11.1 Å². The zero-order valence-corrected chi connectivity index (χ0v) is 33.8. The van der Waals surface area contributed by atoms with Crippen molar-refractivity contribution in [2.45, 2.75) is 44.8 Å². The summed E-state index contributed by atoms with van der Waals surface area (Å²) in [5.74, 6) is -0.750. The minimum atomic E-state index is -0.987. The second-order valence-electron chi connectivity index (χ2n) is 15.4. The van der Waals surface area contributed by atoms with Crippen LogP contribution in [0.25, 0.3) is 10.9 Å². The first-order chi connectivity index (χ1) is 28.4. The number of piperidine rings is 2. The van der Waals surface area contributed by atoms with Crippen LogP contribution in [0.15, 0.2) is 53.5 Å². The lowest BCUT2D eigenvalue weighted by molar-refractivity contribution is -0.136. The first kappa shape index (κ1) is 39.7. The summed E-state index contributed by atoms with van der Waals surface area (Å²) in [5, 5.41) is 9.16. The van der Waals surface area contributed by atoms with Gasteiger partial charge in [-0.15, -0.1) is 0 Å². The topological polar surface area (TPSA) is 191 Å². The molecule has 8 rings (SSSR count). The summed E-state index contributed by atoms with van der Waals surface area (Å²) < 4.78 is 7.19. The monoisotopic (exact) mass is 824 g/mol. The minimum Gasteiger partial charge on any atom is -0.475 e. The van der Waals surface area contributed by atoms with Crippen LogP contribution in [0.2, 0.25) is 5.02 Å². The van der Waals surface area contributed by atoms with Crippen molar-refractivity contribution in [3.8, 4) is 5.75 Å². The number of hydrogen-bond donors (Lipinski definition) is 3. The third-order valence-electron chi connectivity index (χ3n) is 11.7. The zero-order valence-electron chi connectivity index (χ0n) is 33.0. The number of pyridine rings is 1. The summed E-state index contributed by atoms with van der Waals surface area (Å²) in [4.78, 5) is 92.7. The number of piperazine rings is 1. The molecule has 17 nitrogen and oxygen atoms in total. The van der Waals surface area contributed by atoms with Crippen molar-refractivity contribution < 1.29 is 28.7 Å². The highest BCUT2D eigenvalue weighted by molar-refractivity contribution is 6.33. The number of aryl methyl sites for hydroxylation is 1. The Labute approximate surface area is 344 Å². The maximum Gasteiger partial charge on any atom is 0.293 e. The van der Waals surface area contributed by atoms with Gasteiger partial charge in [0.15, 0.2) is 17.7 Å². The summed E-state index contributed by atoms with van der Waals surface area (Å²) in [7, 11) is 3.16.